The van der Waals surface area contributed by atoms with Crippen LogP contribution in [0.2, 0.25) is 0 Å². The normalized spacial score (nSPS) is 10.7. The number of H-pyrrole nitrogens is 1. The van der Waals surface area contributed by atoms with E-state index < -0.39 is 5.91 Å². The van der Waals surface area contributed by atoms with E-state index in [0.717, 1.165) is 0 Å². The first kappa shape index (κ1) is 17.4. The van der Waals surface area contributed by atoms with Gasteiger partial charge in [0, 0.05) is 30.2 Å². The summed E-state index contributed by atoms with van der Waals surface area (Å²) in [6.07, 6.45) is 1.35. The predicted molar refractivity (Wildman–Crippen MR) is 94.6 cm³/mol. The summed E-state index contributed by atoms with van der Waals surface area (Å²) in [5, 5.41) is 6.72. The van der Waals surface area contributed by atoms with Crippen molar-refractivity contribution in [1.82, 2.24) is 20.4 Å². The number of likely N-dealkylation sites (N-methyl/N-ethyl adjacent to an activating group) is 1. The Hall–Kier alpha value is -3.42. The smallest absolute Gasteiger partial charge is 0.257 e. The Labute approximate surface area is 148 Å². The van der Waals surface area contributed by atoms with Gasteiger partial charge in [0.2, 0.25) is 11.3 Å². The van der Waals surface area contributed by atoms with Crippen LogP contribution in [0, 0.1) is 6.92 Å². The van der Waals surface area contributed by atoms with Crippen LogP contribution >= 0.6 is 0 Å². The van der Waals surface area contributed by atoms with Crippen LogP contribution in [-0.2, 0) is 11.3 Å². The molecule has 0 radical (unpaired) electrons. The van der Waals surface area contributed by atoms with Gasteiger partial charge in [0.15, 0.2) is 0 Å². The van der Waals surface area contributed by atoms with Crippen molar-refractivity contribution in [2.24, 2.45) is 0 Å². The van der Waals surface area contributed by atoms with Gasteiger partial charge in [0.25, 0.3) is 5.91 Å². The lowest BCUT2D eigenvalue weighted by Crippen LogP contribution is -2.39. The Morgan fingerprint density at radius 2 is 2.08 bits per heavy atom. The number of pyridine rings is 1. The zero-order valence-corrected chi connectivity index (χ0v) is 14.4. The van der Waals surface area contributed by atoms with Crippen molar-refractivity contribution >= 4 is 22.7 Å². The van der Waals surface area contributed by atoms with Crippen LogP contribution < -0.4 is 10.7 Å². The number of amides is 2. The highest BCUT2D eigenvalue weighted by molar-refractivity contribution is 5.98. The standard InChI is InChI=1S/C18H18N4O4/c1-11-7-12(21-26-11)10-22(2)16(23)9-20-18(25)14-8-19-15-6-4-3-5-13(15)17(14)24/h3-8H,9-10H2,1-2H3,(H,19,24)(H,20,25). The second kappa shape index (κ2) is 7.22. The average molecular weight is 354 g/mol. The van der Waals surface area contributed by atoms with Crippen molar-refractivity contribution < 1.29 is 14.1 Å². The predicted octanol–water partition coefficient (Wildman–Crippen LogP) is 1.21. The van der Waals surface area contributed by atoms with Gasteiger partial charge in [-0.2, -0.15) is 0 Å². The Bertz CT molecular complexity index is 1020. The van der Waals surface area contributed by atoms with Gasteiger partial charge in [-0.3, -0.25) is 14.4 Å². The molecule has 0 aliphatic carbocycles. The summed E-state index contributed by atoms with van der Waals surface area (Å²) in [6.45, 7) is 1.81. The molecule has 0 spiro atoms. The molecule has 26 heavy (non-hydrogen) atoms. The summed E-state index contributed by atoms with van der Waals surface area (Å²) < 4.78 is 4.95. The maximum atomic E-state index is 12.4. The lowest BCUT2D eigenvalue weighted by atomic mass is 10.1. The fraction of sp³-hybridized carbons (Fsp3) is 0.222. The molecule has 0 unspecified atom stereocenters. The van der Waals surface area contributed by atoms with E-state index in [1.165, 1.54) is 11.1 Å². The van der Waals surface area contributed by atoms with E-state index in [4.69, 9.17) is 4.52 Å². The van der Waals surface area contributed by atoms with E-state index in [2.05, 4.69) is 15.5 Å². The molecule has 8 nitrogen and oxygen atoms in total. The second-order valence-corrected chi connectivity index (χ2v) is 5.94. The number of hydrogen-bond donors (Lipinski definition) is 2. The van der Waals surface area contributed by atoms with Crippen LogP contribution in [-0.4, -0.2) is 40.4 Å². The molecule has 0 saturated heterocycles. The van der Waals surface area contributed by atoms with Gasteiger partial charge < -0.3 is 19.7 Å². The molecule has 1 aromatic carbocycles. The molecule has 0 aliphatic rings. The lowest BCUT2D eigenvalue weighted by molar-refractivity contribution is -0.129. The van der Waals surface area contributed by atoms with E-state index in [0.29, 0.717) is 22.4 Å². The largest absolute Gasteiger partial charge is 0.361 e. The Morgan fingerprint density at radius 1 is 1.31 bits per heavy atom. The number of benzene rings is 1. The van der Waals surface area contributed by atoms with Crippen molar-refractivity contribution in [1.29, 1.82) is 0 Å². The summed E-state index contributed by atoms with van der Waals surface area (Å²) >= 11 is 0. The lowest BCUT2D eigenvalue weighted by Gasteiger charge is -2.15. The summed E-state index contributed by atoms with van der Waals surface area (Å²) in [7, 11) is 1.60. The molecular formula is C18H18N4O4. The maximum absolute atomic E-state index is 12.4. The molecule has 0 saturated carbocycles. The van der Waals surface area contributed by atoms with E-state index in [9.17, 15) is 14.4 Å². The third-order valence-electron chi connectivity index (χ3n) is 3.93. The van der Waals surface area contributed by atoms with Gasteiger partial charge >= 0.3 is 0 Å². The van der Waals surface area contributed by atoms with Gasteiger partial charge in [0.05, 0.1) is 13.1 Å². The van der Waals surface area contributed by atoms with E-state index in [1.807, 2.05) is 0 Å². The van der Waals surface area contributed by atoms with E-state index >= 15 is 0 Å². The zero-order valence-electron chi connectivity index (χ0n) is 14.4. The number of nitrogens with zero attached hydrogens (tertiary/aromatic N) is 2. The molecule has 2 heterocycles. The van der Waals surface area contributed by atoms with Crippen LogP contribution in [0.25, 0.3) is 10.9 Å². The molecule has 134 valence electrons. The van der Waals surface area contributed by atoms with Crippen LogP contribution in [0.15, 0.2) is 45.8 Å². The number of carbonyl (C=O) groups excluding carboxylic acids is 2. The summed E-state index contributed by atoms with van der Waals surface area (Å²) in [4.78, 5) is 41.2. The number of hydrogen-bond acceptors (Lipinski definition) is 5. The molecule has 0 atom stereocenters. The van der Waals surface area contributed by atoms with Crippen LogP contribution in [0.5, 0.6) is 0 Å². The number of para-hydroxylation sites is 1. The van der Waals surface area contributed by atoms with Crippen LogP contribution in [0.1, 0.15) is 21.8 Å². The van der Waals surface area contributed by atoms with Crippen LogP contribution in [0.4, 0.5) is 0 Å². The maximum Gasteiger partial charge on any atom is 0.257 e. The molecule has 8 heteroatoms. The van der Waals surface area contributed by atoms with Gasteiger partial charge in [-0.05, 0) is 19.1 Å². The number of nitrogens with one attached hydrogen (secondary N) is 2. The number of aromatic nitrogens is 2. The molecular weight excluding hydrogens is 336 g/mol. The Balaban J connectivity index is 1.64. The minimum absolute atomic E-state index is 0.0359. The van der Waals surface area contributed by atoms with Crippen molar-refractivity contribution in [2.45, 2.75) is 13.5 Å². The van der Waals surface area contributed by atoms with E-state index in [1.54, 1.807) is 44.3 Å². The summed E-state index contributed by atoms with van der Waals surface area (Å²) in [5.74, 6) is -0.253. The molecule has 2 N–H and O–H groups in total. The highest BCUT2D eigenvalue weighted by Crippen LogP contribution is 2.07. The van der Waals surface area contributed by atoms with E-state index in [-0.39, 0.29) is 30.0 Å². The minimum atomic E-state index is -0.601. The van der Waals surface area contributed by atoms with Crippen LogP contribution in [0.3, 0.4) is 0 Å². The summed E-state index contributed by atoms with van der Waals surface area (Å²) in [6, 6.07) is 8.65. The minimum Gasteiger partial charge on any atom is -0.361 e. The fourth-order valence-corrected chi connectivity index (χ4v) is 2.55. The van der Waals surface area contributed by atoms with Gasteiger partial charge in [0.1, 0.15) is 17.0 Å². The van der Waals surface area contributed by atoms with Crippen molar-refractivity contribution in [2.75, 3.05) is 13.6 Å². The van der Waals surface area contributed by atoms with Crippen molar-refractivity contribution in [3.63, 3.8) is 0 Å². The molecule has 2 aromatic heterocycles. The first-order valence-corrected chi connectivity index (χ1v) is 8.00. The second-order valence-electron chi connectivity index (χ2n) is 5.94. The van der Waals surface area contributed by atoms with Crippen molar-refractivity contribution in [3.8, 4) is 0 Å². The zero-order chi connectivity index (χ0) is 18.7. The third-order valence-corrected chi connectivity index (χ3v) is 3.93. The van der Waals surface area contributed by atoms with Gasteiger partial charge in [-0.25, -0.2) is 0 Å². The third kappa shape index (κ3) is 3.64. The first-order chi connectivity index (χ1) is 12.5. The average Bonchev–Trinajstić information content (AvgIpc) is 3.04. The highest BCUT2D eigenvalue weighted by atomic mass is 16.5. The van der Waals surface area contributed by atoms with Gasteiger partial charge in [-0.15, -0.1) is 0 Å². The Morgan fingerprint density at radius 3 is 2.81 bits per heavy atom. The number of rotatable bonds is 5. The highest BCUT2D eigenvalue weighted by Gasteiger charge is 2.16. The summed E-state index contributed by atoms with van der Waals surface area (Å²) in [5.41, 5.74) is 0.852. The van der Waals surface area contributed by atoms with Gasteiger partial charge in [-0.1, -0.05) is 17.3 Å². The molecule has 0 fully saturated rings. The monoisotopic (exact) mass is 354 g/mol. The number of aromatic amines is 1. The molecule has 3 aromatic rings. The SMILES string of the molecule is Cc1cc(CN(C)C(=O)CNC(=O)c2c[nH]c3ccccc3c2=O)no1. The van der Waals surface area contributed by atoms with Crippen molar-refractivity contribution in [3.05, 3.63) is 63.8 Å². The molecule has 0 bridgehead atoms. The topological polar surface area (TPSA) is 108 Å². The molecule has 3 rings (SSSR count). The number of fused-ring (bicyclic) bond motifs is 1. The number of aryl methyl sites for hydroxylation is 1. The Kier molecular flexibility index (Phi) is 4.83. The first-order valence-electron chi connectivity index (χ1n) is 8.00. The molecule has 0 aliphatic heterocycles. The molecule has 2 amide bonds. The quantitative estimate of drug-likeness (QED) is 0.716. The fourth-order valence-electron chi connectivity index (χ4n) is 2.55. The number of carbonyl (C=O) groups is 2.